The van der Waals surface area contributed by atoms with Gasteiger partial charge in [0.15, 0.2) is 11.3 Å². The van der Waals surface area contributed by atoms with Gasteiger partial charge in [-0.15, -0.1) is 4.40 Å². The quantitative estimate of drug-likeness (QED) is 0.217. The Balaban J connectivity index is 0.00000113. The first-order chi connectivity index (χ1) is 19.1. The Labute approximate surface area is 257 Å². The second-order valence-corrected chi connectivity index (χ2v) is 9.26. The molecule has 2 aromatic heterocycles. The van der Waals surface area contributed by atoms with Crippen molar-refractivity contribution >= 4 is 39.5 Å². The van der Waals surface area contributed by atoms with Crippen LogP contribution in [0.4, 0.5) is 20.2 Å². The van der Waals surface area contributed by atoms with Crippen molar-refractivity contribution in [3.63, 3.8) is 0 Å². The number of carbonyl (C=O) groups is 1. The van der Waals surface area contributed by atoms with Crippen molar-refractivity contribution in [2.24, 2.45) is 4.40 Å². The van der Waals surface area contributed by atoms with E-state index < -0.39 is 44.4 Å². The van der Waals surface area contributed by atoms with Crippen LogP contribution in [0.3, 0.4) is 0 Å². The van der Waals surface area contributed by atoms with E-state index in [1.807, 2.05) is 20.6 Å². The van der Waals surface area contributed by atoms with E-state index in [2.05, 4.69) is 9.71 Å². The summed E-state index contributed by atoms with van der Waals surface area (Å²) >= 11 is 0. The molecule has 1 aliphatic heterocycles. The molecule has 0 spiro atoms. The minimum absolute atomic E-state index is 0. The predicted molar refractivity (Wildman–Crippen MR) is 147 cm³/mol. The molecule has 0 bridgehead atoms. The molecule has 5 rings (SSSR count). The summed E-state index contributed by atoms with van der Waals surface area (Å²) in [6, 6.07) is 11.8. The first-order valence-corrected chi connectivity index (χ1v) is 13.1. The van der Waals surface area contributed by atoms with E-state index in [4.69, 9.17) is 15.6 Å². The van der Waals surface area contributed by atoms with Crippen molar-refractivity contribution in [3.8, 4) is 5.88 Å². The Morgan fingerprint density at radius 1 is 1.02 bits per heavy atom. The summed E-state index contributed by atoms with van der Waals surface area (Å²) < 4.78 is 57.5. The van der Waals surface area contributed by atoms with Gasteiger partial charge < -0.3 is 30.5 Å². The molecule has 0 radical (unpaired) electrons. The molecule has 14 heteroatoms. The molecule has 1 aliphatic rings. The number of benzene rings is 2. The summed E-state index contributed by atoms with van der Waals surface area (Å²) in [5.74, 6) is -2.62. The van der Waals surface area contributed by atoms with Gasteiger partial charge in [-0.05, 0) is 53.9 Å². The normalized spacial score (nSPS) is 12.3. The van der Waals surface area contributed by atoms with Gasteiger partial charge in [-0.3, -0.25) is 4.79 Å². The minimum atomic E-state index is -4.29. The van der Waals surface area contributed by atoms with Crippen LogP contribution in [0, 0.1) is 11.6 Å². The average molecular weight is 597 g/mol. The van der Waals surface area contributed by atoms with Crippen molar-refractivity contribution in [2.45, 2.75) is 25.2 Å². The van der Waals surface area contributed by atoms with Crippen molar-refractivity contribution in [3.05, 3.63) is 99.3 Å². The standard InChI is InChI=1S/C23H16F2N4O4S.C2H6.CH4O.CH2O.Na/c24-13-3-1-12(2-4-13)9-16-18-8-5-14(25)11-29(18)23(31)20(21(16)30)22-27-17-7-6-15(26)10-19(17)34(32,33)28-22;3*1-2;/h1-8,10-11,31H,9,26H2,(H,27,28);1-2H3;2H,1H3;1H2;/q;;;;+1/p-1. The smallest absolute Gasteiger partial charge is 0.859 e. The molecule has 0 saturated heterocycles. The number of hydrogen-bond donors (Lipinski definition) is 3. The maximum absolute atomic E-state index is 14.0. The summed E-state index contributed by atoms with van der Waals surface area (Å²) in [5, 5.41) is 23.0. The Kier molecular flexibility index (Phi) is 13.3. The van der Waals surface area contributed by atoms with E-state index >= 15 is 0 Å². The zero-order valence-corrected chi connectivity index (χ0v) is 25.6. The van der Waals surface area contributed by atoms with Gasteiger partial charge in [0.2, 0.25) is 0 Å². The van der Waals surface area contributed by atoms with Gasteiger partial charge in [0.25, 0.3) is 10.0 Å². The molecule has 212 valence electrons. The Morgan fingerprint density at radius 2 is 1.61 bits per heavy atom. The van der Waals surface area contributed by atoms with E-state index in [1.165, 1.54) is 48.5 Å². The molecule has 10 nitrogen and oxygen atoms in total. The number of nitrogen functional groups attached to an aromatic ring is 1. The van der Waals surface area contributed by atoms with Crippen LogP contribution < -0.4 is 51.1 Å². The number of aromatic nitrogens is 1. The number of amidine groups is 1. The molecule has 2 aromatic carbocycles. The first-order valence-electron chi connectivity index (χ1n) is 11.7. The molecule has 41 heavy (non-hydrogen) atoms. The third kappa shape index (κ3) is 7.57. The number of pyridine rings is 2. The monoisotopic (exact) mass is 596 g/mol. The summed E-state index contributed by atoms with van der Waals surface area (Å²) in [7, 11) is -3.29. The van der Waals surface area contributed by atoms with E-state index in [9.17, 15) is 27.1 Å². The molecular weight excluding hydrogens is 569 g/mol. The van der Waals surface area contributed by atoms with Crippen LogP contribution in [0.15, 0.2) is 74.9 Å². The van der Waals surface area contributed by atoms with Gasteiger partial charge in [-0.1, -0.05) is 26.0 Å². The van der Waals surface area contributed by atoms with Crippen LogP contribution in [-0.4, -0.2) is 37.7 Å². The first kappa shape index (κ1) is 35.4. The van der Waals surface area contributed by atoms with Gasteiger partial charge in [-0.2, -0.15) is 8.42 Å². The summed E-state index contributed by atoms with van der Waals surface area (Å²) in [4.78, 5) is 21.3. The number of rotatable bonds is 3. The van der Waals surface area contributed by atoms with Crippen molar-refractivity contribution in [1.29, 1.82) is 0 Å². The molecule has 3 heterocycles. The number of nitrogens with one attached hydrogen (secondary N) is 1. The summed E-state index contributed by atoms with van der Waals surface area (Å²) in [6.45, 7) is 6.00. The molecule has 0 atom stereocenters. The third-order valence-electron chi connectivity index (χ3n) is 5.43. The fraction of sp³-hybridized carbons (Fsp3) is 0.148. The second-order valence-electron chi connectivity index (χ2n) is 7.69. The van der Waals surface area contributed by atoms with Crippen LogP contribution in [0.25, 0.3) is 5.52 Å². The van der Waals surface area contributed by atoms with Gasteiger partial charge in [0, 0.05) is 31.0 Å². The maximum atomic E-state index is 14.0. The number of nitrogens with zero attached hydrogens (tertiary/aromatic N) is 2. The molecule has 0 unspecified atom stereocenters. The van der Waals surface area contributed by atoms with Gasteiger partial charge in [0.05, 0.1) is 16.8 Å². The number of fused-ring (bicyclic) bond motifs is 2. The number of halogens is 2. The van der Waals surface area contributed by atoms with Crippen molar-refractivity contribution in [1.82, 2.24) is 4.40 Å². The second kappa shape index (κ2) is 15.4. The molecule has 0 fully saturated rings. The Bertz CT molecular complexity index is 1710. The van der Waals surface area contributed by atoms with E-state index in [1.54, 1.807) is 0 Å². The third-order valence-corrected chi connectivity index (χ3v) is 6.75. The van der Waals surface area contributed by atoms with Crippen LogP contribution in [-0.2, 0) is 21.2 Å². The molecular formula is C27H27F2N4NaO6S. The number of carbonyl (C=O) groups excluding carboxylic acids is 1. The van der Waals surface area contributed by atoms with E-state index in [0.717, 1.165) is 23.8 Å². The number of nitrogens with two attached hydrogens (primary N) is 1. The fourth-order valence-electron chi connectivity index (χ4n) is 3.84. The van der Waals surface area contributed by atoms with Crippen molar-refractivity contribution in [2.75, 3.05) is 18.2 Å². The van der Waals surface area contributed by atoms with Gasteiger partial charge in [-0.25, -0.2) is 8.78 Å². The van der Waals surface area contributed by atoms with Crippen LogP contribution >= 0.6 is 0 Å². The number of aliphatic hydroxyl groups is 1. The fourth-order valence-corrected chi connectivity index (χ4v) is 5.00. The number of sulfonamides is 1. The van der Waals surface area contributed by atoms with E-state index in [-0.39, 0.29) is 63.3 Å². The minimum Gasteiger partial charge on any atom is -0.859 e. The van der Waals surface area contributed by atoms with Crippen LogP contribution in [0.5, 0.6) is 5.88 Å². The largest absolute Gasteiger partial charge is 1.00 e. The molecule has 0 amide bonds. The molecule has 4 N–H and O–H groups in total. The SMILES string of the molecule is C=O.CC.CO.Nc1ccc2c(c1)S(=O)(=O)N=C(c1c([O-])n3cc(F)ccc3c(Cc3ccc(F)cc3)c1=O)N2.[Na+]. The van der Waals surface area contributed by atoms with Crippen LogP contribution in [0.2, 0.25) is 0 Å². The Hall–Kier alpha value is -3.62. The van der Waals surface area contributed by atoms with Gasteiger partial charge in [0.1, 0.15) is 23.3 Å². The zero-order chi connectivity index (χ0) is 30.2. The van der Waals surface area contributed by atoms with Crippen molar-refractivity contribution < 1.29 is 61.8 Å². The number of anilines is 2. The zero-order valence-electron chi connectivity index (χ0n) is 22.8. The number of aliphatic hydroxyl groups excluding tert-OH is 1. The average Bonchev–Trinajstić information content (AvgIpc) is 2.96. The Morgan fingerprint density at radius 3 is 2.22 bits per heavy atom. The molecule has 0 saturated carbocycles. The summed E-state index contributed by atoms with van der Waals surface area (Å²) in [5.41, 5.74) is 5.39. The topological polar surface area (TPSA) is 166 Å². The van der Waals surface area contributed by atoms with Crippen LogP contribution in [0.1, 0.15) is 30.5 Å². The summed E-state index contributed by atoms with van der Waals surface area (Å²) in [6.07, 6.45) is 0.885. The van der Waals surface area contributed by atoms with E-state index in [0.29, 0.717) is 5.56 Å². The molecule has 0 aliphatic carbocycles. The van der Waals surface area contributed by atoms with Gasteiger partial charge >= 0.3 is 29.6 Å². The predicted octanol–water partition coefficient (Wildman–Crippen LogP) is -0.161. The maximum Gasteiger partial charge on any atom is 1.00 e. The molecule has 4 aromatic rings. The number of hydrogen-bond acceptors (Lipinski definition) is 8.